The summed E-state index contributed by atoms with van der Waals surface area (Å²) in [5.41, 5.74) is -1.29. The molecule has 0 aliphatic carbocycles. The molecule has 0 spiro atoms. The molecule has 0 aromatic heterocycles. The smallest absolute Gasteiger partial charge is 0.173 e. The van der Waals surface area contributed by atoms with E-state index in [2.05, 4.69) is 0 Å². The zero-order chi connectivity index (χ0) is 11.6. The Morgan fingerprint density at radius 2 is 2.00 bits per heavy atom. The van der Waals surface area contributed by atoms with E-state index in [4.69, 9.17) is 23.2 Å². The molecular formula is C11H11Cl2FO. The van der Waals surface area contributed by atoms with Crippen molar-refractivity contribution in [1.82, 2.24) is 0 Å². The lowest BCUT2D eigenvalue weighted by molar-refractivity contribution is -0.127. The quantitative estimate of drug-likeness (QED) is 0.795. The number of halogens is 3. The highest BCUT2D eigenvalue weighted by Gasteiger charge is 2.26. The predicted molar refractivity (Wildman–Crippen MR) is 60.4 cm³/mol. The van der Waals surface area contributed by atoms with Gasteiger partial charge in [-0.15, -0.1) is 0 Å². The van der Waals surface area contributed by atoms with Crippen molar-refractivity contribution in [2.75, 3.05) is 0 Å². The molecule has 0 heterocycles. The number of hydrogen-bond acceptors (Lipinski definition) is 1. The third-order valence-electron chi connectivity index (χ3n) is 2.02. The molecule has 0 radical (unpaired) electrons. The fraction of sp³-hybridized carbons (Fsp3) is 0.364. The number of carbonyl (C=O) groups is 1. The van der Waals surface area contributed by atoms with Gasteiger partial charge in [0.1, 0.15) is 0 Å². The first-order valence-electron chi connectivity index (χ1n) is 4.47. The number of rotatable bonds is 3. The van der Waals surface area contributed by atoms with Crippen LogP contribution in [-0.2, 0) is 11.2 Å². The molecule has 1 aromatic rings. The van der Waals surface area contributed by atoms with Gasteiger partial charge >= 0.3 is 0 Å². The normalized spacial score (nSPS) is 11.5. The Labute approximate surface area is 98.2 Å². The van der Waals surface area contributed by atoms with Crippen molar-refractivity contribution in [3.05, 3.63) is 33.8 Å². The Morgan fingerprint density at radius 1 is 1.40 bits per heavy atom. The third-order valence-corrected chi connectivity index (χ3v) is 2.63. The number of alkyl halides is 1. The van der Waals surface area contributed by atoms with Crippen LogP contribution in [0.1, 0.15) is 19.4 Å². The second-order valence-corrected chi connectivity index (χ2v) is 4.65. The standard InChI is InChI=1S/C11H11Cl2FO/c1-11(2,14)10(15)6-7-5-8(12)3-4-9(7)13/h3-5H,6H2,1-2H3. The van der Waals surface area contributed by atoms with Gasteiger partial charge in [-0.3, -0.25) is 4.79 Å². The van der Waals surface area contributed by atoms with Crippen LogP contribution in [0.4, 0.5) is 4.39 Å². The molecule has 1 nitrogen and oxygen atoms in total. The molecule has 0 N–H and O–H groups in total. The zero-order valence-corrected chi connectivity index (χ0v) is 9.99. The minimum atomic E-state index is -1.84. The van der Waals surface area contributed by atoms with Crippen molar-refractivity contribution in [2.24, 2.45) is 0 Å². The second-order valence-electron chi connectivity index (χ2n) is 3.81. The van der Waals surface area contributed by atoms with E-state index in [1.165, 1.54) is 13.8 Å². The van der Waals surface area contributed by atoms with Crippen LogP contribution in [0, 0.1) is 0 Å². The van der Waals surface area contributed by atoms with Crippen molar-refractivity contribution in [3.8, 4) is 0 Å². The molecule has 0 aliphatic rings. The van der Waals surface area contributed by atoms with Gasteiger partial charge in [0.05, 0.1) is 0 Å². The van der Waals surface area contributed by atoms with Gasteiger partial charge in [-0.05, 0) is 37.6 Å². The van der Waals surface area contributed by atoms with E-state index in [0.29, 0.717) is 15.6 Å². The highest BCUT2D eigenvalue weighted by molar-refractivity contribution is 6.33. The summed E-state index contributed by atoms with van der Waals surface area (Å²) in [6, 6.07) is 4.80. The molecule has 0 aliphatic heterocycles. The molecule has 0 atom stereocenters. The van der Waals surface area contributed by atoms with Gasteiger partial charge in [0.25, 0.3) is 0 Å². The summed E-state index contributed by atoms with van der Waals surface area (Å²) in [7, 11) is 0. The van der Waals surface area contributed by atoms with Crippen LogP contribution < -0.4 is 0 Å². The fourth-order valence-electron chi connectivity index (χ4n) is 1.06. The van der Waals surface area contributed by atoms with Crippen LogP contribution in [0.3, 0.4) is 0 Å². The summed E-state index contributed by atoms with van der Waals surface area (Å²) in [6.07, 6.45) is -0.0388. The molecule has 0 fully saturated rings. The lowest BCUT2D eigenvalue weighted by Gasteiger charge is -2.13. The van der Waals surface area contributed by atoms with Crippen molar-refractivity contribution < 1.29 is 9.18 Å². The van der Waals surface area contributed by atoms with Gasteiger partial charge in [0.2, 0.25) is 0 Å². The largest absolute Gasteiger partial charge is 0.296 e. The third kappa shape index (κ3) is 3.47. The van der Waals surface area contributed by atoms with Gasteiger partial charge in [0.15, 0.2) is 11.5 Å². The Hall–Kier alpha value is -0.600. The lowest BCUT2D eigenvalue weighted by atomic mass is 9.99. The van der Waals surface area contributed by atoms with Crippen LogP contribution in [0.2, 0.25) is 10.0 Å². The van der Waals surface area contributed by atoms with E-state index in [-0.39, 0.29) is 6.42 Å². The van der Waals surface area contributed by atoms with E-state index in [1.807, 2.05) is 0 Å². The van der Waals surface area contributed by atoms with Gasteiger partial charge in [-0.2, -0.15) is 0 Å². The van der Waals surface area contributed by atoms with Crippen molar-refractivity contribution in [3.63, 3.8) is 0 Å². The Morgan fingerprint density at radius 3 is 2.53 bits per heavy atom. The number of carbonyl (C=O) groups excluding carboxylic acids is 1. The summed E-state index contributed by atoms with van der Waals surface area (Å²) < 4.78 is 13.3. The van der Waals surface area contributed by atoms with Crippen LogP contribution in [0.5, 0.6) is 0 Å². The van der Waals surface area contributed by atoms with Crippen LogP contribution in [-0.4, -0.2) is 11.5 Å². The maximum absolute atomic E-state index is 13.3. The summed E-state index contributed by atoms with van der Waals surface area (Å²) in [5.74, 6) is -0.508. The molecule has 15 heavy (non-hydrogen) atoms. The monoisotopic (exact) mass is 248 g/mol. The maximum atomic E-state index is 13.3. The molecule has 4 heteroatoms. The molecule has 0 saturated carbocycles. The Kier molecular flexibility index (Phi) is 3.74. The number of ketones is 1. The topological polar surface area (TPSA) is 17.1 Å². The molecule has 1 aromatic carbocycles. The first-order chi connectivity index (χ1) is 6.80. The minimum Gasteiger partial charge on any atom is -0.296 e. The SMILES string of the molecule is CC(C)(F)C(=O)Cc1cc(Cl)ccc1Cl. The first-order valence-corrected chi connectivity index (χ1v) is 5.22. The number of Topliss-reactive ketones (excluding diaryl/α,β-unsaturated/α-hetero) is 1. The molecule has 1 rings (SSSR count). The zero-order valence-electron chi connectivity index (χ0n) is 8.48. The Balaban J connectivity index is 2.90. The van der Waals surface area contributed by atoms with Crippen LogP contribution in [0.25, 0.3) is 0 Å². The van der Waals surface area contributed by atoms with Crippen molar-refractivity contribution >= 4 is 29.0 Å². The van der Waals surface area contributed by atoms with E-state index < -0.39 is 11.5 Å². The summed E-state index contributed by atoms with van der Waals surface area (Å²) in [5, 5.41) is 0.913. The number of benzene rings is 1. The van der Waals surface area contributed by atoms with Gasteiger partial charge in [-0.1, -0.05) is 23.2 Å². The minimum absolute atomic E-state index is 0.0388. The van der Waals surface area contributed by atoms with E-state index >= 15 is 0 Å². The highest BCUT2D eigenvalue weighted by Crippen LogP contribution is 2.23. The average Bonchev–Trinajstić information content (AvgIpc) is 2.09. The van der Waals surface area contributed by atoms with E-state index in [9.17, 15) is 9.18 Å². The molecular weight excluding hydrogens is 238 g/mol. The molecule has 0 unspecified atom stereocenters. The van der Waals surface area contributed by atoms with Crippen molar-refractivity contribution in [1.29, 1.82) is 0 Å². The van der Waals surface area contributed by atoms with Crippen LogP contribution >= 0.6 is 23.2 Å². The fourth-order valence-corrected chi connectivity index (χ4v) is 1.44. The lowest BCUT2D eigenvalue weighted by Crippen LogP contribution is -2.27. The summed E-state index contributed by atoms with van der Waals surface area (Å²) >= 11 is 11.6. The molecule has 0 amide bonds. The highest BCUT2D eigenvalue weighted by atomic mass is 35.5. The second kappa shape index (κ2) is 4.50. The van der Waals surface area contributed by atoms with Gasteiger partial charge in [-0.25, -0.2) is 4.39 Å². The van der Waals surface area contributed by atoms with Gasteiger partial charge < -0.3 is 0 Å². The molecule has 0 saturated heterocycles. The van der Waals surface area contributed by atoms with Crippen LogP contribution in [0.15, 0.2) is 18.2 Å². The Bertz CT molecular complexity index is 383. The van der Waals surface area contributed by atoms with Gasteiger partial charge in [0, 0.05) is 16.5 Å². The molecule has 82 valence electrons. The van der Waals surface area contributed by atoms with E-state index in [1.54, 1.807) is 18.2 Å². The molecule has 0 bridgehead atoms. The predicted octanol–water partition coefficient (Wildman–Crippen LogP) is 3.85. The first kappa shape index (κ1) is 12.5. The van der Waals surface area contributed by atoms with E-state index in [0.717, 1.165) is 0 Å². The van der Waals surface area contributed by atoms with Crippen molar-refractivity contribution in [2.45, 2.75) is 25.9 Å². The summed E-state index contributed by atoms with van der Waals surface area (Å²) in [6.45, 7) is 2.46. The number of hydrogen-bond donors (Lipinski definition) is 0. The maximum Gasteiger partial charge on any atom is 0.173 e. The summed E-state index contributed by atoms with van der Waals surface area (Å²) in [4.78, 5) is 11.4. The average molecular weight is 249 g/mol.